The quantitative estimate of drug-likeness (QED) is 0.629. The Bertz CT molecular complexity index is 669. The maximum Gasteiger partial charge on any atom is 0.239 e. The van der Waals surface area contributed by atoms with Crippen molar-refractivity contribution in [3.63, 3.8) is 0 Å². The predicted octanol–water partition coefficient (Wildman–Crippen LogP) is 0.957. The molecular formula is C21H35N5O3. The van der Waals surface area contributed by atoms with Gasteiger partial charge in [0, 0.05) is 50.4 Å². The number of nitrogens with one attached hydrogen (secondary N) is 2. The molecule has 2 heterocycles. The lowest BCUT2D eigenvalue weighted by atomic mass is 9.85. The normalized spacial score (nSPS) is 25.5. The van der Waals surface area contributed by atoms with Crippen LogP contribution in [-0.2, 0) is 27.3 Å². The second kappa shape index (κ2) is 10.7. The number of carbonyl (C=O) groups excluding carboxylic acids is 2. The molecule has 1 aromatic rings. The van der Waals surface area contributed by atoms with Crippen LogP contribution >= 0.6 is 0 Å². The number of amides is 2. The molecule has 1 aromatic heterocycles. The number of rotatable bonds is 8. The number of morpholine rings is 1. The van der Waals surface area contributed by atoms with Gasteiger partial charge in [-0.15, -0.1) is 0 Å². The molecule has 2 N–H and O–H groups in total. The molecule has 2 fully saturated rings. The number of ether oxygens (including phenoxy) is 1. The summed E-state index contributed by atoms with van der Waals surface area (Å²) in [5, 5.41) is 6.24. The molecular weight excluding hydrogens is 370 g/mol. The molecule has 1 aliphatic heterocycles. The Kier molecular flexibility index (Phi) is 8.06. The zero-order valence-corrected chi connectivity index (χ0v) is 17.7. The van der Waals surface area contributed by atoms with Crippen LogP contribution in [0.2, 0.25) is 0 Å². The number of aromatic nitrogens is 2. The summed E-state index contributed by atoms with van der Waals surface area (Å²) in [4.78, 5) is 31.3. The van der Waals surface area contributed by atoms with Crippen molar-refractivity contribution in [2.24, 2.45) is 5.92 Å². The Morgan fingerprint density at radius 2 is 2.03 bits per heavy atom. The first-order valence-corrected chi connectivity index (χ1v) is 10.9. The summed E-state index contributed by atoms with van der Waals surface area (Å²) in [6, 6.07) is -0.0379. The van der Waals surface area contributed by atoms with E-state index in [2.05, 4.69) is 27.1 Å². The molecule has 1 saturated carbocycles. The average Bonchev–Trinajstić information content (AvgIpc) is 3.19. The monoisotopic (exact) mass is 405 g/mol. The molecule has 0 unspecified atom stereocenters. The lowest BCUT2D eigenvalue weighted by Gasteiger charge is -2.34. The molecule has 1 atom stereocenters. The first kappa shape index (κ1) is 21.8. The Balaban J connectivity index is 1.32. The highest BCUT2D eigenvalue weighted by molar-refractivity contribution is 5.82. The zero-order valence-electron chi connectivity index (χ0n) is 17.7. The van der Waals surface area contributed by atoms with Crippen molar-refractivity contribution in [2.75, 3.05) is 33.4 Å². The van der Waals surface area contributed by atoms with Crippen molar-refractivity contribution in [1.29, 1.82) is 0 Å². The Morgan fingerprint density at radius 3 is 2.76 bits per heavy atom. The molecule has 2 aliphatic rings. The number of likely N-dealkylation sites (N-methyl/N-ethyl adjacent to an activating group) is 1. The van der Waals surface area contributed by atoms with E-state index >= 15 is 0 Å². The van der Waals surface area contributed by atoms with E-state index in [0.29, 0.717) is 19.8 Å². The summed E-state index contributed by atoms with van der Waals surface area (Å²) in [6.45, 7) is 5.58. The average molecular weight is 406 g/mol. The largest absolute Gasteiger partial charge is 0.378 e. The van der Waals surface area contributed by atoms with Crippen molar-refractivity contribution in [3.05, 3.63) is 18.2 Å². The van der Waals surface area contributed by atoms with Gasteiger partial charge in [-0.1, -0.05) is 6.92 Å². The van der Waals surface area contributed by atoms with Crippen LogP contribution in [0.3, 0.4) is 0 Å². The molecule has 2 amide bonds. The van der Waals surface area contributed by atoms with E-state index < -0.39 is 0 Å². The number of hydrogen-bond acceptors (Lipinski definition) is 5. The smallest absolute Gasteiger partial charge is 0.239 e. The molecule has 1 saturated heterocycles. The van der Waals surface area contributed by atoms with Crippen LogP contribution in [0.25, 0.3) is 0 Å². The van der Waals surface area contributed by atoms with Gasteiger partial charge in [-0.05, 0) is 39.2 Å². The van der Waals surface area contributed by atoms with Gasteiger partial charge in [0.25, 0.3) is 0 Å². The SMILES string of the molecule is CCc1nccn1CCCNC(=O)C1CCC(NC(=O)[C@@H]2COCCN2C)CC1. The number of hydrogen-bond donors (Lipinski definition) is 2. The molecule has 0 spiro atoms. The Hall–Kier alpha value is -1.93. The number of nitrogens with zero attached hydrogens (tertiary/aromatic N) is 3. The molecule has 29 heavy (non-hydrogen) atoms. The maximum absolute atomic E-state index is 12.5. The molecule has 0 aromatic carbocycles. The fourth-order valence-corrected chi connectivity index (χ4v) is 4.22. The summed E-state index contributed by atoms with van der Waals surface area (Å²) < 4.78 is 7.58. The van der Waals surface area contributed by atoms with E-state index in [1.54, 1.807) is 0 Å². The van der Waals surface area contributed by atoms with Crippen LogP contribution in [0.15, 0.2) is 12.4 Å². The number of carbonyl (C=O) groups is 2. The van der Waals surface area contributed by atoms with Crippen LogP contribution in [0, 0.1) is 5.92 Å². The van der Waals surface area contributed by atoms with Crippen LogP contribution in [0.5, 0.6) is 0 Å². The van der Waals surface area contributed by atoms with E-state index in [-0.39, 0.29) is 29.8 Å². The fourth-order valence-electron chi connectivity index (χ4n) is 4.22. The molecule has 3 rings (SSSR count). The van der Waals surface area contributed by atoms with Gasteiger partial charge in [0.05, 0.1) is 13.2 Å². The van der Waals surface area contributed by atoms with E-state index in [1.807, 2.05) is 24.3 Å². The van der Waals surface area contributed by atoms with E-state index in [0.717, 1.165) is 57.4 Å². The van der Waals surface area contributed by atoms with Gasteiger partial charge in [-0.25, -0.2) is 4.98 Å². The fraction of sp³-hybridized carbons (Fsp3) is 0.762. The van der Waals surface area contributed by atoms with Gasteiger partial charge < -0.3 is 19.9 Å². The highest BCUT2D eigenvalue weighted by Crippen LogP contribution is 2.24. The molecule has 8 heteroatoms. The third kappa shape index (κ3) is 6.02. The molecule has 1 aliphatic carbocycles. The minimum atomic E-state index is -0.200. The molecule has 162 valence electrons. The van der Waals surface area contributed by atoms with Crippen LogP contribution in [0.1, 0.15) is 44.9 Å². The summed E-state index contributed by atoms with van der Waals surface area (Å²) in [5.74, 6) is 1.34. The second-order valence-corrected chi connectivity index (χ2v) is 8.16. The van der Waals surface area contributed by atoms with Crippen molar-refractivity contribution in [2.45, 2.75) is 64.1 Å². The third-order valence-corrected chi connectivity index (χ3v) is 6.14. The van der Waals surface area contributed by atoms with Crippen molar-refractivity contribution in [1.82, 2.24) is 25.1 Å². The van der Waals surface area contributed by atoms with Gasteiger partial charge in [0.15, 0.2) is 0 Å². The third-order valence-electron chi connectivity index (χ3n) is 6.14. The highest BCUT2D eigenvalue weighted by atomic mass is 16.5. The van der Waals surface area contributed by atoms with Crippen molar-refractivity contribution >= 4 is 11.8 Å². The first-order valence-electron chi connectivity index (χ1n) is 10.9. The van der Waals surface area contributed by atoms with E-state index in [9.17, 15) is 9.59 Å². The first-order chi connectivity index (χ1) is 14.1. The summed E-state index contributed by atoms with van der Waals surface area (Å²) in [7, 11) is 1.96. The van der Waals surface area contributed by atoms with Gasteiger partial charge in [0.2, 0.25) is 11.8 Å². The summed E-state index contributed by atoms with van der Waals surface area (Å²) >= 11 is 0. The highest BCUT2D eigenvalue weighted by Gasteiger charge is 2.31. The second-order valence-electron chi connectivity index (χ2n) is 8.16. The minimum Gasteiger partial charge on any atom is -0.378 e. The van der Waals surface area contributed by atoms with E-state index in [1.165, 1.54) is 0 Å². The van der Waals surface area contributed by atoms with Crippen LogP contribution < -0.4 is 10.6 Å². The Morgan fingerprint density at radius 1 is 1.24 bits per heavy atom. The van der Waals surface area contributed by atoms with Gasteiger partial charge in [-0.3, -0.25) is 14.5 Å². The minimum absolute atomic E-state index is 0.0473. The van der Waals surface area contributed by atoms with Crippen LogP contribution in [-0.4, -0.2) is 71.7 Å². The predicted molar refractivity (Wildman–Crippen MR) is 110 cm³/mol. The van der Waals surface area contributed by atoms with Crippen molar-refractivity contribution in [3.8, 4) is 0 Å². The lowest BCUT2D eigenvalue weighted by Crippen LogP contribution is -2.54. The molecule has 0 bridgehead atoms. The zero-order chi connectivity index (χ0) is 20.6. The topological polar surface area (TPSA) is 88.5 Å². The lowest BCUT2D eigenvalue weighted by molar-refractivity contribution is -0.132. The summed E-state index contributed by atoms with van der Waals surface area (Å²) in [6.07, 6.45) is 9.01. The molecule has 0 radical (unpaired) electrons. The number of aryl methyl sites for hydroxylation is 2. The van der Waals surface area contributed by atoms with E-state index in [4.69, 9.17) is 4.74 Å². The van der Waals surface area contributed by atoms with Gasteiger partial charge >= 0.3 is 0 Å². The standard InChI is InChI=1S/C21H35N5O3/c1-3-19-22-10-12-26(19)11-4-9-23-20(27)16-5-7-17(8-6-16)24-21(28)18-15-29-14-13-25(18)2/h10,12,16-18H,3-9,11,13-15H2,1-2H3,(H,23,27)(H,24,28)/t16?,17?,18-/m0/s1. The molecule has 8 nitrogen and oxygen atoms in total. The van der Waals surface area contributed by atoms with Crippen molar-refractivity contribution < 1.29 is 14.3 Å². The van der Waals surface area contributed by atoms with Gasteiger partial charge in [-0.2, -0.15) is 0 Å². The Labute approximate surface area is 173 Å². The summed E-state index contributed by atoms with van der Waals surface area (Å²) in [5.41, 5.74) is 0. The van der Waals surface area contributed by atoms with Gasteiger partial charge in [0.1, 0.15) is 11.9 Å². The van der Waals surface area contributed by atoms with Crippen LogP contribution in [0.4, 0.5) is 0 Å². The maximum atomic E-state index is 12.5. The number of imidazole rings is 1.